The summed E-state index contributed by atoms with van der Waals surface area (Å²) in [7, 11) is 0. The fourth-order valence-corrected chi connectivity index (χ4v) is 6.83. The van der Waals surface area contributed by atoms with E-state index in [0.29, 0.717) is 0 Å². The van der Waals surface area contributed by atoms with Gasteiger partial charge in [-0.25, -0.2) is 0 Å². The van der Waals surface area contributed by atoms with E-state index >= 15 is 0 Å². The summed E-state index contributed by atoms with van der Waals surface area (Å²) < 4.78 is 0. The van der Waals surface area contributed by atoms with E-state index in [-0.39, 0.29) is 0 Å². The molecule has 0 radical (unpaired) electrons. The molecule has 214 valence electrons. The van der Waals surface area contributed by atoms with Gasteiger partial charge < -0.3 is 0 Å². The van der Waals surface area contributed by atoms with Crippen LogP contribution in [-0.4, -0.2) is 9.97 Å². The quantitative estimate of drug-likeness (QED) is 0.192. The lowest BCUT2D eigenvalue weighted by Crippen LogP contribution is -1.90. The van der Waals surface area contributed by atoms with Gasteiger partial charge in [-0.2, -0.15) is 0 Å². The second-order valence-corrected chi connectivity index (χ2v) is 11.9. The summed E-state index contributed by atoms with van der Waals surface area (Å²) in [5.74, 6) is 0. The van der Waals surface area contributed by atoms with Gasteiger partial charge in [-0.05, 0) is 91.3 Å². The van der Waals surface area contributed by atoms with Crippen LogP contribution in [0.15, 0.2) is 170 Å². The first-order valence-electron chi connectivity index (χ1n) is 15.6. The van der Waals surface area contributed by atoms with Gasteiger partial charge in [0.25, 0.3) is 0 Å². The molecule has 0 saturated carbocycles. The Kier molecular flexibility index (Phi) is 6.17. The van der Waals surface area contributed by atoms with Crippen LogP contribution < -0.4 is 0 Å². The summed E-state index contributed by atoms with van der Waals surface area (Å²) >= 11 is 0. The molecule has 2 aromatic heterocycles. The molecule has 46 heavy (non-hydrogen) atoms. The normalized spacial score (nSPS) is 11.5. The van der Waals surface area contributed by atoms with Gasteiger partial charge in [0.2, 0.25) is 0 Å². The zero-order chi connectivity index (χ0) is 30.5. The van der Waals surface area contributed by atoms with E-state index in [0.717, 1.165) is 49.6 Å². The van der Waals surface area contributed by atoms with Crippen molar-refractivity contribution in [1.29, 1.82) is 0 Å². The van der Waals surface area contributed by atoms with Gasteiger partial charge in [0.1, 0.15) is 0 Å². The third-order valence-electron chi connectivity index (χ3n) is 9.12. The summed E-state index contributed by atoms with van der Waals surface area (Å²) in [6.45, 7) is 0. The highest BCUT2D eigenvalue weighted by Gasteiger charge is 2.13. The first-order valence-corrected chi connectivity index (χ1v) is 15.6. The fraction of sp³-hybridized carbons (Fsp3) is 0. The van der Waals surface area contributed by atoms with Crippen molar-refractivity contribution in [3.63, 3.8) is 0 Å². The fourth-order valence-electron chi connectivity index (χ4n) is 6.83. The zero-order valence-electron chi connectivity index (χ0n) is 25.1. The van der Waals surface area contributed by atoms with Crippen LogP contribution in [0.25, 0.3) is 87.9 Å². The SMILES string of the molecule is c1cnc2c(-c3cc(-c4ccc(-c5ccc6c(ccc7ccccc76)c5)cc4)cc(-c4cccc5cccnc45)c3)cccc2c1. The molecule has 7 aromatic carbocycles. The van der Waals surface area contributed by atoms with E-state index in [9.17, 15) is 0 Å². The maximum absolute atomic E-state index is 4.78. The Morgan fingerprint density at radius 2 is 0.783 bits per heavy atom. The van der Waals surface area contributed by atoms with Crippen LogP contribution in [-0.2, 0) is 0 Å². The number of nitrogens with zero attached hydrogens (tertiary/aromatic N) is 2. The number of rotatable bonds is 4. The lowest BCUT2D eigenvalue weighted by Gasteiger charge is -2.14. The predicted molar refractivity (Wildman–Crippen MR) is 194 cm³/mol. The molecule has 0 N–H and O–H groups in total. The molecule has 2 heterocycles. The second-order valence-electron chi connectivity index (χ2n) is 11.9. The first-order chi connectivity index (χ1) is 22.8. The Balaban J connectivity index is 1.18. The van der Waals surface area contributed by atoms with Crippen molar-refractivity contribution in [2.24, 2.45) is 0 Å². The van der Waals surface area contributed by atoms with Gasteiger partial charge in [0, 0.05) is 34.3 Å². The summed E-state index contributed by atoms with van der Waals surface area (Å²) in [6.07, 6.45) is 3.75. The monoisotopic (exact) mass is 584 g/mol. The molecule has 0 fully saturated rings. The van der Waals surface area contributed by atoms with Crippen LogP contribution in [0.5, 0.6) is 0 Å². The number of fused-ring (bicyclic) bond motifs is 5. The van der Waals surface area contributed by atoms with Crippen LogP contribution >= 0.6 is 0 Å². The minimum Gasteiger partial charge on any atom is -0.256 e. The summed E-state index contributed by atoms with van der Waals surface area (Å²) in [5, 5.41) is 7.37. The van der Waals surface area contributed by atoms with Crippen LogP contribution in [0.4, 0.5) is 0 Å². The minimum absolute atomic E-state index is 1.00. The largest absolute Gasteiger partial charge is 0.256 e. The van der Waals surface area contributed by atoms with Gasteiger partial charge in [0.05, 0.1) is 11.0 Å². The van der Waals surface area contributed by atoms with Gasteiger partial charge >= 0.3 is 0 Å². The predicted octanol–water partition coefficient (Wildman–Crippen LogP) is 11.8. The lowest BCUT2D eigenvalue weighted by molar-refractivity contribution is 1.41. The molecule has 9 rings (SSSR count). The molecule has 0 aliphatic carbocycles. The maximum atomic E-state index is 4.78. The molecule has 9 aromatic rings. The second kappa shape index (κ2) is 10.8. The molecular formula is C44H28N2. The highest BCUT2D eigenvalue weighted by molar-refractivity contribution is 6.08. The summed E-state index contributed by atoms with van der Waals surface area (Å²) in [4.78, 5) is 9.57. The number of benzene rings is 7. The van der Waals surface area contributed by atoms with Crippen molar-refractivity contribution >= 4 is 43.4 Å². The third kappa shape index (κ3) is 4.51. The van der Waals surface area contributed by atoms with E-state index in [4.69, 9.17) is 9.97 Å². The van der Waals surface area contributed by atoms with Crippen molar-refractivity contribution < 1.29 is 0 Å². The highest BCUT2D eigenvalue weighted by Crippen LogP contribution is 2.38. The molecule has 0 saturated heterocycles. The molecule has 0 unspecified atom stereocenters. The first kappa shape index (κ1) is 26.3. The molecule has 2 nitrogen and oxygen atoms in total. The van der Waals surface area contributed by atoms with E-state index in [2.05, 4.69) is 146 Å². The smallest absolute Gasteiger partial charge is 0.0780 e. The number of para-hydroxylation sites is 2. The summed E-state index contributed by atoms with van der Waals surface area (Å²) in [5.41, 5.74) is 11.3. The maximum Gasteiger partial charge on any atom is 0.0780 e. The van der Waals surface area contributed by atoms with Crippen LogP contribution in [0, 0.1) is 0 Å². The van der Waals surface area contributed by atoms with E-state index in [1.54, 1.807) is 0 Å². The number of aromatic nitrogens is 2. The van der Waals surface area contributed by atoms with Crippen molar-refractivity contribution in [2.45, 2.75) is 0 Å². The highest BCUT2D eigenvalue weighted by atomic mass is 14.7. The third-order valence-corrected chi connectivity index (χ3v) is 9.12. The number of pyridine rings is 2. The average molecular weight is 585 g/mol. The molecule has 0 bridgehead atoms. The van der Waals surface area contributed by atoms with Gasteiger partial charge in [-0.3, -0.25) is 9.97 Å². The Morgan fingerprint density at radius 3 is 1.46 bits per heavy atom. The van der Waals surface area contributed by atoms with Gasteiger partial charge in [-0.1, -0.05) is 121 Å². The van der Waals surface area contributed by atoms with Crippen LogP contribution in [0.3, 0.4) is 0 Å². The van der Waals surface area contributed by atoms with Crippen molar-refractivity contribution in [3.8, 4) is 44.5 Å². The standard InChI is InChI=1S/C44H28N2/c1-2-12-39-31(7-1)19-20-35-25-34(21-22-40(35)39)29-15-17-30(18-16-29)36-26-37(41-13-3-8-32-10-5-23-45-43(32)41)28-38(27-36)42-14-4-9-33-11-6-24-46-44(33)42/h1-28H. The molecule has 0 atom stereocenters. The van der Waals surface area contributed by atoms with Gasteiger partial charge in [-0.15, -0.1) is 0 Å². The zero-order valence-corrected chi connectivity index (χ0v) is 25.1. The molecule has 0 spiro atoms. The van der Waals surface area contributed by atoms with E-state index < -0.39 is 0 Å². The van der Waals surface area contributed by atoms with Crippen molar-refractivity contribution in [3.05, 3.63) is 170 Å². The Bertz CT molecular complexity index is 2470. The van der Waals surface area contributed by atoms with Crippen molar-refractivity contribution in [2.75, 3.05) is 0 Å². The van der Waals surface area contributed by atoms with Crippen molar-refractivity contribution in [1.82, 2.24) is 9.97 Å². The Labute approximate surface area is 267 Å². The Morgan fingerprint density at radius 1 is 0.283 bits per heavy atom. The molecule has 0 aliphatic heterocycles. The van der Waals surface area contributed by atoms with E-state index in [1.165, 1.54) is 38.2 Å². The number of hydrogen-bond donors (Lipinski definition) is 0. The molecule has 2 heteroatoms. The van der Waals surface area contributed by atoms with Crippen LogP contribution in [0.1, 0.15) is 0 Å². The van der Waals surface area contributed by atoms with Gasteiger partial charge in [0.15, 0.2) is 0 Å². The van der Waals surface area contributed by atoms with Crippen LogP contribution in [0.2, 0.25) is 0 Å². The topological polar surface area (TPSA) is 25.8 Å². The molecule has 0 amide bonds. The average Bonchev–Trinajstić information content (AvgIpc) is 3.14. The molecule has 0 aliphatic rings. The lowest BCUT2D eigenvalue weighted by atomic mass is 9.91. The number of hydrogen-bond acceptors (Lipinski definition) is 2. The van der Waals surface area contributed by atoms with E-state index in [1.807, 2.05) is 24.5 Å². The minimum atomic E-state index is 1.00. The Hall–Kier alpha value is -6.12. The molecular weight excluding hydrogens is 556 g/mol. The summed E-state index contributed by atoms with van der Waals surface area (Å²) in [6, 6.07) is 56.7.